The third-order valence-electron chi connectivity index (χ3n) is 3.38. The number of carbonyl (C=O) groups is 2. The topological polar surface area (TPSA) is 64.6 Å². The van der Waals surface area contributed by atoms with E-state index in [1.54, 1.807) is 7.11 Å². The first-order valence-corrected chi connectivity index (χ1v) is 7.96. The van der Waals surface area contributed by atoms with Crippen molar-refractivity contribution < 1.29 is 19.1 Å². The highest BCUT2D eigenvalue weighted by atomic mass is 32.1. The molecule has 0 unspecified atom stereocenters. The van der Waals surface area contributed by atoms with Crippen LogP contribution in [0.25, 0.3) is 11.1 Å². The van der Waals surface area contributed by atoms with Gasteiger partial charge in [0, 0.05) is 11.4 Å². The summed E-state index contributed by atoms with van der Waals surface area (Å²) in [6, 6.07) is 9.58. The molecule has 0 atom stereocenters. The zero-order valence-corrected chi connectivity index (χ0v) is 14.2. The molecule has 0 saturated heterocycles. The van der Waals surface area contributed by atoms with Crippen LogP contribution in [-0.2, 0) is 9.53 Å². The highest BCUT2D eigenvalue weighted by Gasteiger charge is 2.14. The van der Waals surface area contributed by atoms with Crippen LogP contribution in [0.2, 0.25) is 0 Å². The minimum Gasteiger partial charge on any atom is -0.497 e. The quantitative estimate of drug-likeness (QED) is 0.825. The average molecular weight is 333 g/mol. The number of amides is 1. The first kappa shape index (κ1) is 17.0. The van der Waals surface area contributed by atoms with Gasteiger partial charge in [-0.15, -0.1) is 11.3 Å². The molecule has 6 heteroatoms. The summed E-state index contributed by atoms with van der Waals surface area (Å²) in [7, 11) is 2.95. The molecular weight excluding hydrogens is 314 g/mol. The normalized spacial score (nSPS) is 10.2. The second-order valence-electron chi connectivity index (χ2n) is 4.89. The Morgan fingerprint density at radius 2 is 1.87 bits per heavy atom. The van der Waals surface area contributed by atoms with E-state index < -0.39 is 0 Å². The summed E-state index contributed by atoms with van der Waals surface area (Å²) >= 11 is 1.43. The Hall–Kier alpha value is -2.34. The smallest absolute Gasteiger partial charge is 0.307 e. The maximum atomic E-state index is 12.1. The molecule has 1 aromatic heterocycles. The second-order valence-corrected chi connectivity index (χ2v) is 6.15. The van der Waals surface area contributed by atoms with Crippen LogP contribution < -0.4 is 10.1 Å². The van der Waals surface area contributed by atoms with Crippen LogP contribution in [0.5, 0.6) is 5.75 Å². The van der Waals surface area contributed by atoms with Crippen LogP contribution in [0.4, 0.5) is 0 Å². The average Bonchev–Trinajstić information content (AvgIpc) is 2.96. The van der Waals surface area contributed by atoms with Gasteiger partial charge in [0.15, 0.2) is 0 Å². The molecule has 2 rings (SSSR count). The number of benzene rings is 1. The van der Waals surface area contributed by atoms with Gasteiger partial charge in [-0.1, -0.05) is 12.1 Å². The largest absolute Gasteiger partial charge is 0.497 e. The number of thiophene rings is 1. The number of aryl methyl sites for hydroxylation is 1. The summed E-state index contributed by atoms with van der Waals surface area (Å²) in [5, 5.41) is 2.73. The lowest BCUT2D eigenvalue weighted by Gasteiger charge is -2.03. The number of methoxy groups -OCH3 is 2. The highest BCUT2D eigenvalue weighted by molar-refractivity contribution is 7.14. The zero-order valence-electron chi connectivity index (χ0n) is 13.3. The Morgan fingerprint density at radius 1 is 1.17 bits per heavy atom. The molecule has 5 nitrogen and oxygen atoms in total. The molecule has 0 fully saturated rings. The van der Waals surface area contributed by atoms with E-state index in [1.807, 2.05) is 37.3 Å². The molecule has 0 aliphatic carbocycles. The number of carbonyl (C=O) groups excluding carboxylic acids is 2. The van der Waals surface area contributed by atoms with Crippen molar-refractivity contribution in [3.8, 4) is 16.9 Å². The van der Waals surface area contributed by atoms with Crippen molar-refractivity contribution in [1.82, 2.24) is 5.32 Å². The van der Waals surface area contributed by atoms with E-state index in [0.717, 1.165) is 21.8 Å². The summed E-state index contributed by atoms with van der Waals surface area (Å²) in [6.45, 7) is 2.25. The van der Waals surface area contributed by atoms with Crippen molar-refractivity contribution in [2.24, 2.45) is 0 Å². The third kappa shape index (κ3) is 4.32. The highest BCUT2D eigenvalue weighted by Crippen LogP contribution is 2.31. The molecule has 0 bridgehead atoms. The Labute approximate surface area is 139 Å². The van der Waals surface area contributed by atoms with Crippen LogP contribution in [0.1, 0.15) is 21.0 Å². The van der Waals surface area contributed by atoms with Crippen molar-refractivity contribution in [1.29, 1.82) is 0 Å². The van der Waals surface area contributed by atoms with Crippen molar-refractivity contribution in [2.75, 3.05) is 20.8 Å². The molecule has 1 amide bonds. The number of rotatable bonds is 6. The SMILES string of the molecule is COC(=O)CCNC(=O)c1cc(-c2ccc(OC)cc2)c(C)s1. The maximum absolute atomic E-state index is 12.1. The van der Waals surface area contributed by atoms with Crippen molar-refractivity contribution in [3.05, 3.63) is 40.1 Å². The Bertz CT molecular complexity index is 691. The van der Waals surface area contributed by atoms with Gasteiger partial charge in [0.1, 0.15) is 5.75 Å². The lowest BCUT2D eigenvalue weighted by atomic mass is 10.1. The second kappa shape index (κ2) is 7.78. The first-order chi connectivity index (χ1) is 11.0. The zero-order chi connectivity index (χ0) is 16.8. The van der Waals surface area contributed by atoms with Crippen LogP contribution in [0.3, 0.4) is 0 Å². The Kier molecular flexibility index (Phi) is 5.76. The van der Waals surface area contributed by atoms with Gasteiger partial charge in [0.25, 0.3) is 5.91 Å². The first-order valence-electron chi connectivity index (χ1n) is 7.15. The van der Waals surface area contributed by atoms with Crippen molar-refractivity contribution in [2.45, 2.75) is 13.3 Å². The van der Waals surface area contributed by atoms with Gasteiger partial charge in [-0.2, -0.15) is 0 Å². The van der Waals surface area contributed by atoms with Gasteiger partial charge < -0.3 is 14.8 Å². The van der Waals surface area contributed by atoms with Gasteiger partial charge in [0.05, 0.1) is 25.5 Å². The van der Waals surface area contributed by atoms with Crippen LogP contribution in [-0.4, -0.2) is 32.6 Å². The fourth-order valence-electron chi connectivity index (χ4n) is 2.12. The molecule has 23 heavy (non-hydrogen) atoms. The minimum absolute atomic E-state index is 0.165. The summed E-state index contributed by atoms with van der Waals surface area (Å²) in [6.07, 6.45) is 0.165. The van der Waals surface area contributed by atoms with Crippen LogP contribution in [0, 0.1) is 6.92 Å². The molecule has 1 heterocycles. The summed E-state index contributed by atoms with van der Waals surface area (Å²) in [4.78, 5) is 24.9. The monoisotopic (exact) mass is 333 g/mol. The van der Waals surface area contributed by atoms with Crippen LogP contribution in [0.15, 0.2) is 30.3 Å². The van der Waals surface area contributed by atoms with E-state index in [-0.39, 0.29) is 24.8 Å². The molecule has 1 N–H and O–H groups in total. The predicted molar refractivity (Wildman–Crippen MR) is 90.0 cm³/mol. The van der Waals surface area contributed by atoms with E-state index in [1.165, 1.54) is 18.4 Å². The number of nitrogens with one attached hydrogen (secondary N) is 1. The number of esters is 1. The summed E-state index contributed by atoms with van der Waals surface area (Å²) < 4.78 is 9.69. The van der Waals surface area contributed by atoms with E-state index in [0.29, 0.717) is 4.88 Å². The molecular formula is C17H19NO4S. The molecule has 0 spiro atoms. The van der Waals surface area contributed by atoms with E-state index >= 15 is 0 Å². The molecule has 122 valence electrons. The lowest BCUT2D eigenvalue weighted by molar-refractivity contribution is -0.140. The standard InChI is InChI=1S/C17H19NO4S/c1-11-14(12-4-6-13(21-2)7-5-12)10-15(23-11)17(20)18-9-8-16(19)22-3/h4-7,10H,8-9H2,1-3H3,(H,18,20). The summed E-state index contributed by atoms with van der Waals surface area (Å²) in [5.41, 5.74) is 2.06. The van der Waals surface area contributed by atoms with E-state index in [4.69, 9.17) is 4.74 Å². The van der Waals surface area contributed by atoms with Gasteiger partial charge in [-0.25, -0.2) is 0 Å². The Morgan fingerprint density at radius 3 is 2.48 bits per heavy atom. The molecule has 0 aliphatic heterocycles. The van der Waals surface area contributed by atoms with Crippen molar-refractivity contribution in [3.63, 3.8) is 0 Å². The van der Waals surface area contributed by atoms with Gasteiger partial charge in [0.2, 0.25) is 0 Å². The number of hydrogen-bond acceptors (Lipinski definition) is 5. The Balaban J connectivity index is 2.07. The van der Waals surface area contributed by atoms with Gasteiger partial charge in [-0.3, -0.25) is 9.59 Å². The van der Waals surface area contributed by atoms with Crippen molar-refractivity contribution >= 4 is 23.2 Å². The number of ether oxygens (including phenoxy) is 2. The minimum atomic E-state index is -0.341. The van der Waals surface area contributed by atoms with E-state index in [2.05, 4.69) is 10.1 Å². The lowest BCUT2D eigenvalue weighted by Crippen LogP contribution is -2.25. The van der Waals surface area contributed by atoms with E-state index in [9.17, 15) is 9.59 Å². The molecule has 0 radical (unpaired) electrons. The molecule has 1 aromatic carbocycles. The molecule has 2 aromatic rings. The third-order valence-corrected chi connectivity index (χ3v) is 4.43. The van der Waals surface area contributed by atoms with Gasteiger partial charge in [-0.05, 0) is 36.2 Å². The molecule has 0 aliphatic rings. The predicted octanol–water partition coefficient (Wildman–Crippen LogP) is 3.03. The maximum Gasteiger partial charge on any atom is 0.307 e. The number of hydrogen-bond donors (Lipinski definition) is 1. The van der Waals surface area contributed by atoms with Crippen LogP contribution >= 0.6 is 11.3 Å². The molecule has 0 saturated carbocycles. The fraction of sp³-hybridized carbons (Fsp3) is 0.294. The fourth-order valence-corrected chi connectivity index (χ4v) is 3.08. The van der Waals surface area contributed by atoms with Gasteiger partial charge >= 0.3 is 5.97 Å². The summed E-state index contributed by atoms with van der Waals surface area (Å²) in [5.74, 6) is 0.274.